The summed E-state index contributed by atoms with van der Waals surface area (Å²) in [4.78, 5) is 11.4. The van der Waals surface area contributed by atoms with Crippen molar-refractivity contribution in [1.29, 1.82) is 0 Å². The van der Waals surface area contributed by atoms with Gasteiger partial charge in [-0.15, -0.1) is 0 Å². The first-order chi connectivity index (χ1) is 7.48. The summed E-state index contributed by atoms with van der Waals surface area (Å²) in [6.45, 7) is 1.87. The van der Waals surface area contributed by atoms with Crippen LogP contribution in [0.25, 0.3) is 0 Å². The molecule has 3 N–H and O–H groups in total. The van der Waals surface area contributed by atoms with Crippen molar-refractivity contribution in [2.24, 2.45) is 5.73 Å². The molecule has 0 bridgehead atoms. The van der Waals surface area contributed by atoms with Crippen LogP contribution in [-0.4, -0.2) is 20.1 Å². The monoisotopic (exact) mass is 246 g/mol. The minimum atomic E-state index is -3.57. The molecule has 0 radical (unpaired) electrons. The largest absolute Gasteiger partial charge is 0.455 e. The Labute approximate surface area is 93.9 Å². The molecule has 0 saturated heterocycles. The maximum atomic E-state index is 11.4. The zero-order valence-corrected chi connectivity index (χ0v) is 9.71. The number of rotatable bonds is 5. The highest BCUT2D eigenvalue weighted by atomic mass is 32.2. The van der Waals surface area contributed by atoms with Crippen molar-refractivity contribution in [1.82, 2.24) is 4.72 Å². The van der Waals surface area contributed by atoms with Gasteiger partial charge in [0.15, 0.2) is 5.76 Å². The number of furan rings is 1. The first-order valence-corrected chi connectivity index (χ1v) is 6.47. The summed E-state index contributed by atoms with van der Waals surface area (Å²) in [5.41, 5.74) is 5.29. The van der Waals surface area contributed by atoms with Gasteiger partial charge in [-0.05, 0) is 18.6 Å². The van der Waals surface area contributed by atoms with E-state index in [2.05, 4.69) is 0 Å². The second-order valence-electron chi connectivity index (χ2n) is 3.22. The molecule has 0 fully saturated rings. The molecule has 1 heterocycles. The molecular weight excluding hydrogens is 232 g/mol. The van der Waals surface area contributed by atoms with Gasteiger partial charge in [-0.1, -0.05) is 6.92 Å². The van der Waals surface area contributed by atoms with E-state index in [1.165, 1.54) is 12.1 Å². The number of carbonyl (C=O) groups excluding carboxylic acids is 1. The Morgan fingerprint density at radius 2 is 2.19 bits per heavy atom. The Morgan fingerprint density at radius 1 is 1.50 bits per heavy atom. The van der Waals surface area contributed by atoms with Crippen molar-refractivity contribution >= 4 is 15.9 Å². The third-order valence-corrected chi connectivity index (χ3v) is 3.25. The van der Waals surface area contributed by atoms with Gasteiger partial charge in [-0.2, -0.15) is 0 Å². The zero-order chi connectivity index (χ0) is 12.2. The van der Waals surface area contributed by atoms with Gasteiger partial charge >= 0.3 is 0 Å². The lowest BCUT2D eigenvalue weighted by Crippen LogP contribution is -2.32. The van der Waals surface area contributed by atoms with Gasteiger partial charge in [0.25, 0.3) is 5.91 Å². The highest BCUT2D eigenvalue weighted by Gasteiger charge is 2.17. The van der Waals surface area contributed by atoms with Gasteiger partial charge in [0.05, 0.1) is 12.3 Å². The number of nitrogens with two attached hydrogens (primary N) is 1. The number of carbonyl (C=O) groups is 1. The predicted molar refractivity (Wildman–Crippen MR) is 58.1 cm³/mol. The van der Waals surface area contributed by atoms with E-state index in [0.29, 0.717) is 12.2 Å². The Balaban J connectivity index is 2.72. The molecule has 0 saturated carbocycles. The standard InChI is InChI=1S/C9H14N2O4S/c1-2-5-16(13,14)11-9(12)8-4-3-7(6-10)15-8/h3-4H,2,5-6,10H2,1H3,(H,11,12). The van der Waals surface area contributed by atoms with E-state index in [4.69, 9.17) is 10.2 Å². The second-order valence-corrected chi connectivity index (χ2v) is 5.06. The molecule has 90 valence electrons. The van der Waals surface area contributed by atoms with Gasteiger partial charge in [0.1, 0.15) is 5.76 Å². The number of amides is 1. The number of hydrogen-bond acceptors (Lipinski definition) is 5. The Kier molecular flexibility index (Phi) is 4.08. The number of hydrogen-bond donors (Lipinski definition) is 2. The molecule has 16 heavy (non-hydrogen) atoms. The topological polar surface area (TPSA) is 102 Å². The lowest BCUT2D eigenvalue weighted by molar-refractivity contribution is 0.0953. The fourth-order valence-electron chi connectivity index (χ4n) is 1.12. The van der Waals surface area contributed by atoms with Crippen LogP contribution in [-0.2, 0) is 16.6 Å². The van der Waals surface area contributed by atoms with E-state index in [-0.39, 0.29) is 18.1 Å². The van der Waals surface area contributed by atoms with Crippen molar-refractivity contribution in [3.8, 4) is 0 Å². The third-order valence-electron chi connectivity index (χ3n) is 1.81. The lowest BCUT2D eigenvalue weighted by atomic mass is 10.4. The molecule has 1 rings (SSSR count). The van der Waals surface area contributed by atoms with Crippen LogP contribution in [0.3, 0.4) is 0 Å². The van der Waals surface area contributed by atoms with Gasteiger partial charge in [0.2, 0.25) is 10.0 Å². The van der Waals surface area contributed by atoms with Crippen LogP contribution in [0.2, 0.25) is 0 Å². The molecule has 0 atom stereocenters. The molecule has 6 nitrogen and oxygen atoms in total. The van der Waals surface area contributed by atoms with Crippen molar-refractivity contribution < 1.29 is 17.6 Å². The van der Waals surface area contributed by atoms with E-state index >= 15 is 0 Å². The average Bonchev–Trinajstić information content (AvgIpc) is 2.64. The minimum absolute atomic E-state index is 0.0554. The van der Waals surface area contributed by atoms with E-state index < -0.39 is 15.9 Å². The summed E-state index contributed by atoms with van der Waals surface area (Å²) in [7, 11) is -3.57. The van der Waals surface area contributed by atoms with Crippen LogP contribution in [0, 0.1) is 0 Å². The summed E-state index contributed by atoms with van der Waals surface area (Å²) in [5, 5.41) is 0. The van der Waals surface area contributed by atoms with Gasteiger partial charge in [-0.25, -0.2) is 13.1 Å². The van der Waals surface area contributed by atoms with Crippen LogP contribution >= 0.6 is 0 Å². The van der Waals surface area contributed by atoms with Crippen LogP contribution in [0.15, 0.2) is 16.5 Å². The van der Waals surface area contributed by atoms with Crippen LogP contribution in [0.1, 0.15) is 29.7 Å². The first-order valence-electron chi connectivity index (χ1n) is 4.82. The maximum Gasteiger partial charge on any atom is 0.300 e. The molecule has 0 spiro atoms. The Hall–Kier alpha value is -1.34. The summed E-state index contributed by atoms with van der Waals surface area (Å²) in [5.74, 6) is -0.491. The van der Waals surface area contributed by atoms with Gasteiger partial charge in [0, 0.05) is 0 Å². The fraction of sp³-hybridized carbons (Fsp3) is 0.444. The van der Waals surface area contributed by atoms with Gasteiger partial charge < -0.3 is 10.2 Å². The highest BCUT2D eigenvalue weighted by Crippen LogP contribution is 2.07. The minimum Gasteiger partial charge on any atom is -0.455 e. The number of sulfonamides is 1. The van der Waals surface area contributed by atoms with Crippen molar-refractivity contribution in [2.75, 3.05) is 5.75 Å². The predicted octanol–water partition coefficient (Wildman–Crippen LogP) is 0.208. The van der Waals surface area contributed by atoms with Gasteiger partial charge in [-0.3, -0.25) is 4.79 Å². The second kappa shape index (κ2) is 5.13. The molecular formula is C9H14N2O4S. The Bertz CT molecular complexity index is 464. The molecule has 7 heteroatoms. The zero-order valence-electron chi connectivity index (χ0n) is 8.89. The normalized spacial score (nSPS) is 11.4. The quantitative estimate of drug-likeness (QED) is 0.773. The molecule has 0 aliphatic rings. The van der Waals surface area contributed by atoms with Crippen molar-refractivity contribution in [3.63, 3.8) is 0 Å². The summed E-state index contributed by atoms with van der Waals surface area (Å²) >= 11 is 0. The van der Waals surface area contributed by atoms with Crippen molar-refractivity contribution in [3.05, 3.63) is 23.7 Å². The van der Waals surface area contributed by atoms with Crippen LogP contribution < -0.4 is 10.5 Å². The average molecular weight is 246 g/mol. The summed E-state index contributed by atoms with van der Waals surface area (Å²) in [6.07, 6.45) is 0.439. The van der Waals surface area contributed by atoms with E-state index in [0.717, 1.165) is 0 Å². The molecule has 0 aromatic carbocycles. The smallest absolute Gasteiger partial charge is 0.300 e. The third kappa shape index (κ3) is 3.35. The summed E-state index contributed by atoms with van der Waals surface area (Å²) in [6, 6.07) is 2.92. The molecule has 1 amide bonds. The molecule has 0 aliphatic heterocycles. The lowest BCUT2D eigenvalue weighted by Gasteiger charge is -2.03. The first kappa shape index (κ1) is 12.7. The molecule has 0 unspecified atom stereocenters. The van der Waals surface area contributed by atoms with Crippen LogP contribution in [0.5, 0.6) is 0 Å². The van der Waals surface area contributed by atoms with Crippen LogP contribution in [0.4, 0.5) is 0 Å². The Morgan fingerprint density at radius 3 is 2.69 bits per heavy atom. The van der Waals surface area contributed by atoms with E-state index in [1.807, 2.05) is 4.72 Å². The van der Waals surface area contributed by atoms with E-state index in [9.17, 15) is 13.2 Å². The molecule has 1 aromatic heterocycles. The van der Waals surface area contributed by atoms with Crippen molar-refractivity contribution in [2.45, 2.75) is 19.9 Å². The SMILES string of the molecule is CCCS(=O)(=O)NC(=O)c1ccc(CN)o1. The molecule has 0 aliphatic carbocycles. The fourth-order valence-corrected chi connectivity index (χ4v) is 2.14. The summed E-state index contributed by atoms with van der Waals surface area (Å²) < 4.78 is 29.5. The highest BCUT2D eigenvalue weighted by molar-refractivity contribution is 7.90. The maximum absolute atomic E-state index is 11.4. The number of nitrogens with one attached hydrogen (secondary N) is 1. The van der Waals surface area contributed by atoms with E-state index in [1.54, 1.807) is 6.92 Å². The molecule has 1 aromatic rings.